The summed E-state index contributed by atoms with van der Waals surface area (Å²) in [5.41, 5.74) is 0.0483. The molecule has 0 amide bonds. The van der Waals surface area contributed by atoms with E-state index in [9.17, 15) is 0 Å². The molecule has 4 heterocycles. The molecule has 5 heteroatoms. The van der Waals surface area contributed by atoms with Crippen molar-refractivity contribution in [3.05, 3.63) is 21.9 Å². The van der Waals surface area contributed by atoms with Gasteiger partial charge < -0.3 is 14.2 Å². The molecule has 4 rings (SSSR count). The highest BCUT2D eigenvalue weighted by Gasteiger charge is 2.45. The van der Waals surface area contributed by atoms with Crippen molar-refractivity contribution in [2.45, 2.75) is 50.9 Å². The molecule has 0 unspecified atom stereocenters. The van der Waals surface area contributed by atoms with E-state index in [1.807, 2.05) is 11.3 Å². The Morgan fingerprint density at radius 2 is 2.21 bits per heavy atom. The van der Waals surface area contributed by atoms with Gasteiger partial charge in [-0.25, -0.2) is 0 Å². The third-order valence-electron chi connectivity index (χ3n) is 5.65. The van der Waals surface area contributed by atoms with Gasteiger partial charge in [0.25, 0.3) is 0 Å². The van der Waals surface area contributed by atoms with Crippen LogP contribution in [0.25, 0.3) is 0 Å². The van der Waals surface area contributed by atoms with Crippen LogP contribution >= 0.6 is 11.3 Å². The van der Waals surface area contributed by atoms with Gasteiger partial charge in [0.05, 0.1) is 24.9 Å². The smallest absolute Gasteiger partial charge is 0.0847 e. The zero-order chi connectivity index (χ0) is 16.4. The zero-order valence-electron chi connectivity index (χ0n) is 14.7. The molecule has 0 bridgehead atoms. The van der Waals surface area contributed by atoms with Crippen LogP contribution in [-0.4, -0.2) is 56.1 Å². The number of nitrogens with zero attached hydrogens (tertiary/aromatic N) is 1. The first-order valence-electron chi connectivity index (χ1n) is 9.32. The van der Waals surface area contributed by atoms with Gasteiger partial charge >= 0.3 is 0 Å². The van der Waals surface area contributed by atoms with Crippen LogP contribution in [0.2, 0.25) is 0 Å². The van der Waals surface area contributed by atoms with E-state index >= 15 is 0 Å². The molecule has 4 nitrogen and oxygen atoms in total. The summed E-state index contributed by atoms with van der Waals surface area (Å²) in [5.74, 6) is 0.678. The van der Waals surface area contributed by atoms with E-state index in [4.69, 9.17) is 14.2 Å². The van der Waals surface area contributed by atoms with Crippen LogP contribution in [0.3, 0.4) is 0 Å². The van der Waals surface area contributed by atoms with E-state index in [-0.39, 0.29) is 11.7 Å². The molecule has 3 aliphatic rings. The summed E-state index contributed by atoms with van der Waals surface area (Å²) in [6.45, 7) is 8.90. The van der Waals surface area contributed by atoms with Crippen LogP contribution in [0, 0.1) is 12.8 Å². The number of rotatable bonds is 5. The van der Waals surface area contributed by atoms with Crippen molar-refractivity contribution in [2.24, 2.45) is 5.92 Å². The lowest BCUT2D eigenvalue weighted by Crippen LogP contribution is -2.33. The largest absolute Gasteiger partial charge is 0.381 e. The average molecular weight is 352 g/mol. The Bertz CT molecular complexity index is 542. The number of aryl methyl sites for hydroxylation is 1. The molecular weight excluding hydrogens is 322 g/mol. The topological polar surface area (TPSA) is 30.9 Å². The molecule has 3 saturated heterocycles. The van der Waals surface area contributed by atoms with Crippen molar-refractivity contribution < 1.29 is 14.2 Å². The van der Waals surface area contributed by atoms with E-state index in [1.165, 1.54) is 9.75 Å². The summed E-state index contributed by atoms with van der Waals surface area (Å²) in [4.78, 5) is 5.42. The minimum Gasteiger partial charge on any atom is -0.381 e. The predicted molar refractivity (Wildman–Crippen MR) is 95.5 cm³/mol. The van der Waals surface area contributed by atoms with Crippen LogP contribution < -0.4 is 0 Å². The highest BCUT2D eigenvalue weighted by Crippen LogP contribution is 2.37. The number of likely N-dealkylation sites (tertiary alicyclic amines) is 1. The molecule has 3 aliphatic heterocycles. The first kappa shape index (κ1) is 17.0. The molecular formula is C19H29NO3S. The SMILES string of the molecule is Cc1ccc(CN2CC[C@]3(C[C@H](OCC4CCOCC4)CO3)C2)s1. The van der Waals surface area contributed by atoms with Gasteiger partial charge in [0.15, 0.2) is 0 Å². The first-order chi connectivity index (χ1) is 11.7. The zero-order valence-corrected chi connectivity index (χ0v) is 15.5. The van der Waals surface area contributed by atoms with Gasteiger partial charge in [-0.15, -0.1) is 11.3 Å². The summed E-state index contributed by atoms with van der Waals surface area (Å²) >= 11 is 1.91. The van der Waals surface area contributed by atoms with E-state index in [2.05, 4.69) is 24.0 Å². The standard InChI is InChI=1S/C19H29NO3S/c1-15-2-3-18(24-15)11-20-7-6-19(14-20)10-17(13-23-19)22-12-16-4-8-21-9-5-16/h2-3,16-17H,4-14H2,1H3/t17-,19-/m0/s1. The van der Waals surface area contributed by atoms with Crippen LogP contribution in [0.4, 0.5) is 0 Å². The maximum Gasteiger partial charge on any atom is 0.0847 e. The second-order valence-electron chi connectivity index (χ2n) is 7.68. The lowest BCUT2D eigenvalue weighted by molar-refractivity contribution is -0.0188. The number of hydrogen-bond acceptors (Lipinski definition) is 5. The average Bonchev–Trinajstić information content (AvgIpc) is 3.29. The molecule has 0 saturated carbocycles. The summed E-state index contributed by atoms with van der Waals surface area (Å²) < 4.78 is 17.9. The molecule has 1 aromatic rings. The van der Waals surface area contributed by atoms with Crippen LogP contribution in [0.1, 0.15) is 35.4 Å². The van der Waals surface area contributed by atoms with Crippen molar-refractivity contribution in [1.29, 1.82) is 0 Å². The highest BCUT2D eigenvalue weighted by molar-refractivity contribution is 7.11. The van der Waals surface area contributed by atoms with Gasteiger partial charge in [0, 0.05) is 49.0 Å². The fourth-order valence-electron chi connectivity index (χ4n) is 4.23. The number of ether oxygens (including phenoxy) is 3. The van der Waals surface area contributed by atoms with Crippen molar-refractivity contribution in [3.8, 4) is 0 Å². The second kappa shape index (κ2) is 7.42. The van der Waals surface area contributed by atoms with Crippen molar-refractivity contribution in [3.63, 3.8) is 0 Å². The fourth-order valence-corrected chi connectivity index (χ4v) is 5.16. The molecule has 24 heavy (non-hydrogen) atoms. The summed E-state index contributed by atoms with van der Waals surface area (Å²) in [7, 11) is 0. The Morgan fingerprint density at radius 1 is 1.33 bits per heavy atom. The van der Waals surface area contributed by atoms with Gasteiger partial charge in [0.2, 0.25) is 0 Å². The maximum atomic E-state index is 6.24. The molecule has 0 N–H and O–H groups in total. The molecule has 0 aromatic carbocycles. The monoisotopic (exact) mass is 351 g/mol. The molecule has 1 aromatic heterocycles. The lowest BCUT2D eigenvalue weighted by atomic mass is 9.98. The molecule has 1 spiro atoms. The Labute approximate surface area is 149 Å². The quantitative estimate of drug-likeness (QED) is 0.815. The summed E-state index contributed by atoms with van der Waals surface area (Å²) in [6, 6.07) is 4.48. The Kier molecular flexibility index (Phi) is 5.25. The minimum absolute atomic E-state index is 0.0483. The van der Waals surface area contributed by atoms with Gasteiger partial charge in [-0.2, -0.15) is 0 Å². The normalized spacial score (nSPS) is 32.1. The molecule has 3 fully saturated rings. The summed E-state index contributed by atoms with van der Waals surface area (Å²) in [5, 5.41) is 0. The number of thiophene rings is 1. The third-order valence-corrected chi connectivity index (χ3v) is 6.64. The van der Waals surface area contributed by atoms with E-state index in [1.54, 1.807) is 0 Å². The Morgan fingerprint density at radius 3 is 3.00 bits per heavy atom. The van der Waals surface area contributed by atoms with E-state index in [0.29, 0.717) is 5.92 Å². The summed E-state index contributed by atoms with van der Waals surface area (Å²) in [6.07, 6.45) is 4.79. The van der Waals surface area contributed by atoms with Crippen molar-refractivity contribution >= 4 is 11.3 Å². The molecule has 0 radical (unpaired) electrons. The van der Waals surface area contributed by atoms with E-state index < -0.39 is 0 Å². The number of hydrogen-bond donors (Lipinski definition) is 0. The second-order valence-corrected chi connectivity index (χ2v) is 9.05. The molecule has 2 atom stereocenters. The maximum absolute atomic E-state index is 6.24. The lowest BCUT2D eigenvalue weighted by Gasteiger charge is -2.24. The highest BCUT2D eigenvalue weighted by atomic mass is 32.1. The van der Waals surface area contributed by atoms with E-state index in [0.717, 1.165) is 71.7 Å². The fraction of sp³-hybridized carbons (Fsp3) is 0.789. The first-order valence-corrected chi connectivity index (χ1v) is 10.1. The molecule has 0 aliphatic carbocycles. The van der Waals surface area contributed by atoms with Gasteiger partial charge in [0.1, 0.15) is 0 Å². The van der Waals surface area contributed by atoms with Crippen LogP contribution in [-0.2, 0) is 20.8 Å². The van der Waals surface area contributed by atoms with Gasteiger partial charge in [-0.3, -0.25) is 4.90 Å². The van der Waals surface area contributed by atoms with Crippen molar-refractivity contribution in [1.82, 2.24) is 4.90 Å². The van der Waals surface area contributed by atoms with Gasteiger partial charge in [-0.1, -0.05) is 0 Å². The predicted octanol–water partition coefficient (Wildman–Crippen LogP) is 3.23. The minimum atomic E-state index is 0.0483. The van der Waals surface area contributed by atoms with Crippen molar-refractivity contribution in [2.75, 3.05) is 39.5 Å². The van der Waals surface area contributed by atoms with Gasteiger partial charge in [-0.05, 0) is 44.2 Å². The molecule has 134 valence electrons. The Balaban J connectivity index is 1.23. The third kappa shape index (κ3) is 4.02. The van der Waals surface area contributed by atoms with Crippen LogP contribution in [0.5, 0.6) is 0 Å². The van der Waals surface area contributed by atoms with Crippen LogP contribution in [0.15, 0.2) is 12.1 Å². The Hall–Kier alpha value is -0.460.